The average Bonchev–Trinajstić information content (AvgIpc) is 3.37. The van der Waals surface area contributed by atoms with Crippen molar-refractivity contribution in [3.63, 3.8) is 0 Å². The van der Waals surface area contributed by atoms with Crippen LogP contribution in [-0.2, 0) is 16.1 Å². The molecule has 2 heterocycles. The quantitative estimate of drug-likeness (QED) is 0.567. The lowest BCUT2D eigenvalue weighted by atomic mass is 10.2. The molecule has 1 aliphatic rings. The Morgan fingerprint density at radius 3 is 2.56 bits per heavy atom. The molecule has 2 aromatic carbocycles. The summed E-state index contributed by atoms with van der Waals surface area (Å²) in [6.07, 6.45) is 1.75. The van der Waals surface area contributed by atoms with Gasteiger partial charge in [-0.1, -0.05) is 24.3 Å². The molecule has 1 aliphatic heterocycles. The van der Waals surface area contributed by atoms with Crippen molar-refractivity contribution < 1.29 is 18.8 Å². The summed E-state index contributed by atoms with van der Waals surface area (Å²) in [5, 5.41) is 5.59. The van der Waals surface area contributed by atoms with Gasteiger partial charge in [-0.2, -0.15) is 0 Å². The van der Waals surface area contributed by atoms with E-state index in [0.717, 1.165) is 21.9 Å². The highest BCUT2D eigenvalue weighted by Crippen LogP contribution is 2.34. The Balaban J connectivity index is 1.22. The molecule has 0 aliphatic carbocycles. The molecule has 32 heavy (non-hydrogen) atoms. The van der Waals surface area contributed by atoms with Crippen LogP contribution in [0.25, 0.3) is 0 Å². The fraction of sp³-hybridized carbons (Fsp3) is 0.208. The summed E-state index contributed by atoms with van der Waals surface area (Å²) >= 11 is 1.74. The second-order valence-corrected chi connectivity index (χ2v) is 8.40. The van der Waals surface area contributed by atoms with Gasteiger partial charge < -0.3 is 20.0 Å². The fourth-order valence-corrected chi connectivity index (χ4v) is 4.37. The van der Waals surface area contributed by atoms with Gasteiger partial charge in [0, 0.05) is 42.3 Å². The molecule has 0 saturated heterocycles. The molecule has 0 unspecified atom stereocenters. The number of para-hydroxylation sites is 1. The third kappa shape index (κ3) is 5.39. The molecular weight excluding hydrogens is 426 g/mol. The number of benzene rings is 2. The number of hydrogen-bond acceptors (Lipinski definition) is 5. The van der Waals surface area contributed by atoms with Gasteiger partial charge in [0.25, 0.3) is 5.91 Å². The van der Waals surface area contributed by atoms with Crippen molar-refractivity contribution in [2.24, 2.45) is 0 Å². The monoisotopic (exact) mass is 449 g/mol. The van der Waals surface area contributed by atoms with Gasteiger partial charge in [-0.25, -0.2) is 0 Å². The zero-order chi connectivity index (χ0) is 22.3. The minimum atomic E-state index is -0.323. The number of hydrogen-bond donors (Lipinski definition) is 2. The van der Waals surface area contributed by atoms with Crippen LogP contribution in [0.1, 0.15) is 29.0 Å². The normalized spacial score (nSPS) is 12.7. The predicted octanol–water partition coefficient (Wildman–Crippen LogP) is 4.07. The number of carbonyl (C=O) groups is 3. The Morgan fingerprint density at radius 2 is 1.78 bits per heavy atom. The molecular formula is C24H23N3O4S. The van der Waals surface area contributed by atoms with Gasteiger partial charge in [0.15, 0.2) is 5.76 Å². The van der Waals surface area contributed by atoms with Crippen LogP contribution in [0.3, 0.4) is 0 Å². The second-order valence-electron chi connectivity index (χ2n) is 7.27. The summed E-state index contributed by atoms with van der Waals surface area (Å²) in [4.78, 5) is 39.7. The first-order valence-corrected chi connectivity index (χ1v) is 11.3. The summed E-state index contributed by atoms with van der Waals surface area (Å²) in [6.45, 7) is 1.01. The number of rotatable bonds is 7. The van der Waals surface area contributed by atoms with Crippen LogP contribution in [0.5, 0.6) is 0 Å². The van der Waals surface area contributed by atoms with Gasteiger partial charge in [-0.3, -0.25) is 14.4 Å². The van der Waals surface area contributed by atoms with E-state index in [1.807, 2.05) is 36.4 Å². The fourth-order valence-electron chi connectivity index (χ4n) is 3.38. The first-order chi connectivity index (χ1) is 15.6. The third-order valence-corrected chi connectivity index (χ3v) is 6.08. The third-order valence-electron chi connectivity index (χ3n) is 5.04. The van der Waals surface area contributed by atoms with E-state index in [9.17, 15) is 14.4 Å². The summed E-state index contributed by atoms with van der Waals surface area (Å²) in [7, 11) is 0. The van der Waals surface area contributed by atoms with E-state index in [-0.39, 0.29) is 36.3 Å². The van der Waals surface area contributed by atoms with Crippen LogP contribution in [0.15, 0.2) is 76.2 Å². The second kappa shape index (κ2) is 10.2. The van der Waals surface area contributed by atoms with E-state index in [0.29, 0.717) is 18.8 Å². The van der Waals surface area contributed by atoms with Gasteiger partial charge in [0.2, 0.25) is 11.8 Å². The van der Waals surface area contributed by atoms with E-state index in [2.05, 4.69) is 10.6 Å². The van der Waals surface area contributed by atoms with Crippen LogP contribution in [0, 0.1) is 0 Å². The highest BCUT2D eigenvalue weighted by atomic mass is 32.2. The maximum Gasteiger partial charge on any atom is 0.291 e. The van der Waals surface area contributed by atoms with E-state index in [1.165, 1.54) is 6.26 Å². The Labute approximate surface area is 190 Å². The molecule has 7 nitrogen and oxygen atoms in total. The molecule has 164 valence electrons. The molecule has 4 rings (SSSR count). The average molecular weight is 450 g/mol. The smallest absolute Gasteiger partial charge is 0.291 e. The van der Waals surface area contributed by atoms with Gasteiger partial charge in [-0.05, 0) is 42.0 Å². The molecule has 0 bridgehead atoms. The first kappa shape index (κ1) is 21.7. The van der Waals surface area contributed by atoms with Gasteiger partial charge in [0.1, 0.15) is 0 Å². The molecule has 3 amide bonds. The van der Waals surface area contributed by atoms with Crippen LogP contribution < -0.4 is 15.5 Å². The number of furan rings is 1. The highest BCUT2D eigenvalue weighted by molar-refractivity contribution is 7.99. The maximum atomic E-state index is 12.6. The number of nitrogens with zero attached hydrogens (tertiary/aromatic N) is 1. The molecule has 3 aromatic rings. The molecule has 0 spiro atoms. The van der Waals surface area contributed by atoms with Gasteiger partial charge >= 0.3 is 0 Å². The SMILES string of the molecule is O=C(CCC(=O)N1CCSc2ccccc21)NCc1ccc(NC(=O)c2ccco2)cc1. The zero-order valence-corrected chi connectivity index (χ0v) is 18.2. The number of fused-ring (bicyclic) bond motifs is 1. The van der Waals surface area contributed by atoms with Crippen molar-refractivity contribution in [1.82, 2.24) is 5.32 Å². The van der Waals surface area contributed by atoms with Crippen molar-refractivity contribution in [2.75, 3.05) is 22.5 Å². The van der Waals surface area contributed by atoms with E-state index in [1.54, 1.807) is 40.9 Å². The maximum absolute atomic E-state index is 12.6. The Hall–Kier alpha value is -3.52. The van der Waals surface area contributed by atoms with Crippen molar-refractivity contribution in [2.45, 2.75) is 24.3 Å². The van der Waals surface area contributed by atoms with E-state index < -0.39 is 0 Å². The Morgan fingerprint density at radius 1 is 0.969 bits per heavy atom. The molecule has 0 atom stereocenters. The summed E-state index contributed by atoms with van der Waals surface area (Å²) < 4.78 is 5.06. The van der Waals surface area contributed by atoms with Crippen LogP contribution in [-0.4, -0.2) is 30.0 Å². The Kier molecular flexibility index (Phi) is 6.91. The van der Waals surface area contributed by atoms with Crippen molar-refractivity contribution in [3.8, 4) is 0 Å². The minimum Gasteiger partial charge on any atom is -0.459 e. The molecule has 0 radical (unpaired) electrons. The standard InChI is InChI=1S/C24H23N3O4S/c28-22(11-12-23(29)27-13-15-32-21-6-2-1-4-19(21)27)25-16-17-7-9-18(10-8-17)26-24(30)20-5-3-14-31-20/h1-10,14H,11-13,15-16H2,(H,25,28)(H,26,30). The van der Waals surface area contributed by atoms with Crippen LogP contribution in [0.2, 0.25) is 0 Å². The van der Waals surface area contributed by atoms with Gasteiger partial charge in [-0.15, -0.1) is 11.8 Å². The highest BCUT2D eigenvalue weighted by Gasteiger charge is 2.22. The number of amides is 3. The summed E-state index contributed by atoms with van der Waals surface area (Å²) in [5.41, 5.74) is 2.45. The van der Waals surface area contributed by atoms with Crippen molar-refractivity contribution in [3.05, 3.63) is 78.3 Å². The topological polar surface area (TPSA) is 91.7 Å². The minimum absolute atomic E-state index is 0.0375. The van der Waals surface area contributed by atoms with Crippen LogP contribution >= 0.6 is 11.8 Å². The Bertz CT molecular complexity index is 1100. The number of anilines is 2. The molecule has 2 N–H and O–H groups in total. The number of carbonyl (C=O) groups excluding carboxylic acids is 3. The lowest BCUT2D eigenvalue weighted by Crippen LogP contribution is -2.36. The van der Waals surface area contributed by atoms with Crippen molar-refractivity contribution >= 4 is 40.9 Å². The van der Waals surface area contributed by atoms with Crippen molar-refractivity contribution in [1.29, 1.82) is 0 Å². The van der Waals surface area contributed by atoms with Gasteiger partial charge in [0.05, 0.1) is 12.0 Å². The summed E-state index contributed by atoms with van der Waals surface area (Å²) in [5.74, 6) is 0.559. The molecule has 1 aromatic heterocycles. The predicted molar refractivity (Wildman–Crippen MR) is 124 cm³/mol. The molecule has 0 fully saturated rings. The number of thioether (sulfide) groups is 1. The first-order valence-electron chi connectivity index (χ1n) is 10.3. The number of nitrogens with one attached hydrogen (secondary N) is 2. The lowest BCUT2D eigenvalue weighted by Gasteiger charge is -2.29. The molecule has 8 heteroatoms. The van der Waals surface area contributed by atoms with E-state index in [4.69, 9.17) is 4.42 Å². The van der Waals surface area contributed by atoms with Crippen LogP contribution in [0.4, 0.5) is 11.4 Å². The molecule has 0 saturated carbocycles. The largest absolute Gasteiger partial charge is 0.459 e. The van der Waals surface area contributed by atoms with E-state index >= 15 is 0 Å². The zero-order valence-electron chi connectivity index (χ0n) is 17.4. The summed E-state index contributed by atoms with van der Waals surface area (Å²) in [6, 6.07) is 18.3. The lowest BCUT2D eigenvalue weighted by molar-refractivity contribution is -0.125.